The van der Waals surface area contributed by atoms with Gasteiger partial charge in [0.25, 0.3) is 0 Å². The number of anilines is 1. The lowest BCUT2D eigenvalue weighted by Crippen LogP contribution is -2.38. The molecule has 0 radical (unpaired) electrons. The number of nitrogens with zero attached hydrogens (tertiary/aromatic N) is 1. The van der Waals surface area contributed by atoms with Crippen LogP contribution in [0, 0.1) is 0 Å². The van der Waals surface area contributed by atoms with Gasteiger partial charge < -0.3 is 15.5 Å². The SMILES string of the molecule is O=C(CCN(Cc1ccccc1)C(=O)Nc1cc(C(F)(F)F)cc(C(F)(F)F)c1)NCCC(c1ccccc1)c1ccccc1. The van der Waals surface area contributed by atoms with Gasteiger partial charge in [-0.05, 0) is 41.3 Å². The Morgan fingerprint density at radius 2 is 1.18 bits per heavy atom. The van der Waals surface area contributed by atoms with Crippen molar-refractivity contribution in [2.24, 2.45) is 0 Å². The number of carbonyl (C=O) groups excluding carboxylic acids is 2. The summed E-state index contributed by atoms with van der Waals surface area (Å²) >= 11 is 0. The first kappa shape index (κ1) is 33.1. The van der Waals surface area contributed by atoms with Crippen molar-refractivity contribution in [2.75, 3.05) is 18.4 Å². The van der Waals surface area contributed by atoms with Crippen LogP contribution >= 0.6 is 0 Å². The Labute approximate surface area is 256 Å². The average molecular weight is 628 g/mol. The van der Waals surface area contributed by atoms with Crippen LogP contribution in [0.15, 0.2) is 109 Å². The van der Waals surface area contributed by atoms with Crippen molar-refractivity contribution in [1.82, 2.24) is 10.2 Å². The summed E-state index contributed by atoms with van der Waals surface area (Å²) in [4.78, 5) is 27.2. The Kier molecular flexibility index (Phi) is 10.9. The molecule has 0 atom stereocenters. The van der Waals surface area contributed by atoms with Crippen LogP contribution in [0.4, 0.5) is 36.8 Å². The summed E-state index contributed by atoms with van der Waals surface area (Å²) in [5.74, 6) is -0.332. The summed E-state index contributed by atoms with van der Waals surface area (Å²) in [7, 11) is 0. The predicted octanol–water partition coefficient (Wildman–Crippen LogP) is 8.49. The van der Waals surface area contributed by atoms with Crippen LogP contribution < -0.4 is 10.6 Å². The highest BCUT2D eigenvalue weighted by molar-refractivity contribution is 5.90. The van der Waals surface area contributed by atoms with E-state index in [0.29, 0.717) is 30.7 Å². The molecular formula is C34H31F6N3O2. The summed E-state index contributed by atoms with van der Waals surface area (Å²) in [6, 6.07) is 28.2. The van der Waals surface area contributed by atoms with E-state index in [1.54, 1.807) is 30.3 Å². The number of amides is 3. The molecule has 0 heterocycles. The Balaban J connectivity index is 1.43. The molecule has 3 amide bonds. The van der Waals surface area contributed by atoms with Gasteiger partial charge in [0.2, 0.25) is 5.91 Å². The van der Waals surface area contributed by atoms with Gasteiger partial charge in [0.05, 0.1) is 11.1 Å². The number of hydrogen-bond acceptors (Lipinski definition) is 2. The first-order valence-corrected chi connectivity index (χ1v) is 14.2. The second-order valence-corrected chi connectivity index (χ2v) is 10.4. The van der Waals surface area contributed by atoms with Crippen molar-refractivity contribution in [3.63, 3.8) is 0 Å². The van der Waals surface area contributed by atoms with Crippen molar-refractivity contribution in [3.05, 3.63) is 137 Å². The highest BCUT2D eigenvalue weighted by atomic mass is 19.4. The topological polar surface area (TPSA) is 61.4 Å². The molecule has 45 heavy (non-hydrogen) atoms. The molecule has 0 aliphatic carbocycles. The molecule has 0 saturated heterocycles. The molecule has 0 aliphatic rings. The van der Waals surface area contributed by atoms with E-state index in [4.69, 9.17) is 0 Å². The molecule has 0 saturated carbocycles. The summed E-state index contributed by atoms with van der Waals surface area (Å²) in [5, 5.41) is 5.02. The Bertz CT molecular complexity index is 1470. The van der Waals surface area contributed by atoms with Crippen molar-refractivity contribution in [3.8, 4) is 0 Å². The lowest BCUT2D eigenvalue weighted by atomic mass is 9.88. The third-order valence-electron chi connectivity index (χ3n) is 7.11. The minimum Gasteiger partial charge on any atom is -0.356 e. The van der Waals surface area contributed by atoms with Gasteiger partial charge in [-0.1, -0.05) is 91.0 Å². The van der Waals surface area contributed by atoms with E-state index in [-0.39, 0.29) is 37.4 Å². The van der Waals surface area contributed by atoms with Gasteiger partial charge in [0, 0.05) is 37.7 Å². The summed E-state index contributed by atoms with van der Waals surface area (Å²) in [6.07, 6.45) is -9.67. The van der Waals surface area contributed by atoms with Gasteiger partial charge in [0.15, 0.2) is 0 Å². The zero-order chi connectivity index (χ0) is 32.5. The fourth-order valence-corrected chi connectivity index (χ4v) is 4.86. The molecular weight excluding hydrogens is 596 g/mol. The minimum atomic E-state index is -5.07. The largest absolute Gasteiger partial charge is 0.416 e. The van der Waals surface area contributed by atoms with Crippen LogP contribution in [0.2, 0.25) is 0 Å². The van der Waals surface area contributed by atoms with E-state index < -0.39 is 35.2 Å². The highest BCUT2D eigenvalue weighted by Gasteiger charge is 2.37. The molecule has 0 aliphatic heterocycles. The average Bonchev–Trinajstić information content (AvgIpc) is 3.01. The monoisotopic (exact) mass is 627 g/mol. The number of rotatable bonds is 11. The number of alkyl halides is 6. The lowest BCUT2D eigenvalue weighted by molar-refractivity contribution is -0.143. The second-order valence-electron chi connectivity index (χ2n) is 10.4. The van der Waals surface area contributed by atoms with E-state index in [9.17, 15) is 35.9 Å². The second kappa shape index (κ2) is 14.8. The first-order valence-electron chi connectivity index (χ1n) is 14.2. The highest BCUT2D eigenvalue weighted by Crippen LogP contribution is 2.37. The number of halogens is 6. The van der Waals surface area contributed by atoms with E-state index in [0.717, 1.165) is 11.1 Å². The Morgan fingerprint density at radius 3 is 1.67 bits per heavy atom. The van der Waals surface area contributed by atoms with Crippen LogP contribution in [0.3, 0.4) is 0 Å². The minimum absolute atomic E-state index is 0.0120. The maximum absolute atomic E-state index is 13.3. The van der Waals surface area contributed by atoms with Gasteiger partial charge in [-0.25, -0.2) is 4.79 Å². The quantitative estimate of drug-likeness (QED) is 0.164. The predicted molar refractivity (Wildman–Crippen MR) is 159 cm³/mol. The third-order valence-corrected chi connectivity index (χ3v) is 7.11. The van der Waals surface area contributed by atoms with E-state index in [1.807, 2.05) is 60.7 Å². The van der Waals surface area contributed by atoms with E-state index >= 15 is 0 Å². The maximum Gasteiger partial charge on any atom is 0.416 e. The molecule has 4 rings (SSSR count). The van der Waals surface area contributed by atoms with Crippen molar-refractivity contribution in [1.29, 1.82) is 0 Å². The molecule has 11 heteroatoms. The van der Waals surface area contributed by atoms with Crippen LogP contribution in [-0.4, -0.2) is 29.9 Å². The van der Waals surface area contributed by atoms with Crippen molar-refractivity contribution < 1.29 is 35.9 Å². The number of carbonyl (C=O) groups is 2. The molecule has 0 aromatic heterocycles. The fraction of sp³-hybridized carbons (Fsp3) is 0.235. The third kappa shape index (κ3) is 9.85. The van der Waals surface area contributed by atoms with Crippen LogP contribution in [-0.2, 0) is 23.7 Å². The number of benzene rings is 4. The molecule has 0 unspecified atom stereocenters. The van der Waals surface area contributed by atoms with Crippen LogP contribution in [0.1, 0.15) is 46.6 Å². The molecule has 236 valence electrons. The number of urea groups is 1. The normalized spacial score (nSPS) is 11.7. The van der Waals surface area contributed by atoms with Crippen molar-refractivity contribution in [2.45, 2.75) is 37.7 Å². The zero-order valence-corrected chi connectivity index (χ0v) is 24.0. The first-order chi connectivity index (χ1) is 21.4. The Morgan fingerprint density at radius 1 is 0.689 bits per heavy atom. The molecule has 5 nitrogen and oxygen atoms in total. The van der Waals surface area contributed by atoms with Gasteiger partial charge in [-0.2, -0.15) is 26.3 Å². The lowest BCUT2D eigenvalue weighted by Gasteiger charge is -2.24. The Hall–Kier alpha value is -4.80. The zero-order valence-electron chi connectivity index (χ0n) is 24.0. The standard InChI is InChI=1S/C34H31F6N3O2/c35-33(36,37)27-20-28(34(38,39)40)22-29(21-27)42-32(45)43(23-24-10-4-1-5-11-24)19-17-31(44)41-18-16-30(25-12-6-2-7-13-25)26-14-8-3-9-15-26/h1-15,20-22,30H,16-19,23H2,(H,41,44)(H,42,45). The summed E-state index contributed by atoms with van der Waals surface area (Å²) in [6.45, 7) is 0.163. The van der Waals surface area contributed by atoms with E-state index in [2.05, 4.69) is 10.6 Å². The number of nitrogens with one attached hydrogen (secondary N) is 2. The van der Waals surface area contributed by atoms with Gasteiger partial charge in [-0.15, -0.1) is 0 Å². The maximum atomic E-state index is 13.3. The van der Waals surface area contributed by atoms with Crippen molar-refractivity contribution >= 4 is 17.6 Å². The van der Waals surface area contributed by atoms with Gasteiger partial charge in [0.1, 0.15) is 0 Å². The van der Waals surface area contributed by atoms with E-state index in [1.165, 1.54) is 4.90 Å². The van der Waals surface area contributed by atoms with Gasteiger partial charge in [-0.3, -0.25) is 4.79 Å². The summed E-state index contributed by atoms with van der Waals surface area (Å²) in [5.41, 5.74) is -0.935. The smallest absolute Gasteiger partial charge is 0.356 e. The van der Waals surface area contributed by atoms with Gasteiger partial charge >= 0.3 is 18.4 Å². The molecule has 2 N–H and O–H groups in total. The molecule has 0 fully saturated rings. The molecule has 4 aromatic carbocycles. The molecule has 4 aromatic rings. The van der Waals surface area contributed by atoms with Crippen LogP contribution in [0.25, 0.3) is 0 Å². The molecule has 0 bridgehead atoms. The fourth-order valence-electron chi connectivity index (χ4n) is 4.86. The molecule has 0 spiro atoms. The number of hydrogen-bond donors (Lipinski definition) is 2. The summed E-state index contributed by atoms with van der Waals surface area (Å²) < 4.78 is 80.0. The van der Waals surface area contributed by atoms with Crippen LogP contribution in [0.5, 0.6) is 0 Å².